The minimum atomic E-state index is -4.85. The average Bonchev–Trinajstić information content (AvgIpc) is 3.15. The number of alkyl halides is 6. The van der Waals surface area contributed by atoms with Gasteiger partial charge in [0.2, 0.25) is 0 Å². The second-order valence-electron chi connectivity index (χ2n) is 6.13. The molecule has 1 aliphatic carbocycles. The molecule has 0 spiro atoms. The van der Waals surface area contributed by atoms with E-state index in [0.717, 1.165) is 6.07 Å². The Bertz CT molecular complexity index is 693. The molecule has 9 heteroatoms. The van der Waals surface area contributed by atoms with Crippen molar-refractivity contribution in [3.8, 4) is 6.07 Å². The first-order valence-corrected chi connectivity index (χ1v) is 7.17. The van der Waals surface area contributed by atoms with Crippen molar-refractivity contribution in [2.24, 2.45) is 11.8 Å². The van der Waals surface area contributed by atoms with E-state index in [1.54, 1.807) is 0 Å². The van der Waals surface area contributed by atoms with Crippen LogP contribution in [0.15, 0.2) is 18.2 Å². The number of aliphatic hydroxyl groups is 1. The molecule has 1 saturated heterocycles. The molecular weight excluding hydrogens is 338 g/mol. The number of nitriles is 1. The smallest absolute Gasteiger partial charge is 0.382 e. The Kier molecular flexibility index (Phi) is 3.71. The Morgan fingerprint density at radius 1 is 1.21 bits per heavy atom. The van der Waals surface area contributed by atoms with Gasteiger partial charge in [0.05, 0.1) is 23.2 Å². The fourth-order valence-corrected chi connectivity index (χ4v) is 3.42. The van der Waals surface area contributed by atoms with Crippen molar-refractivity contribution in [2.75, 3.05) is 11.4 Å². The van der Waals surface area contributed by atoms with E-state index < -0.39 is 35.6 Å². The molecule has 1 N–H and O–H groups in total. The van der Waals surface area contributed by atoms with Crippen LogP contribution in [0.3, 0.4) is 0 Å². The lowest BCUT2D eigenvalue weighted by atomic mass is 10.0. The largest absolute Gasteiger partial charge is 0.417 e. The maximum absolute atomic E-state index is 13.0. The van der Waals surface area contributed by atoms with Gasteiger partial charge in [-0.05, 0) is 36.5 Å². The average molecular weight is 350 g/mol. The summed E-state index contributed by atoms with van der Waals surface area (Å²) in [7, 11) is 0. The molecule has 1 saturated carbocycles. The molecule has 3 rings (SSSR count). The van der Waals surface area contributed by atoms with Crippen molar-refractivity contribution in [1.82, 2.24) is 0 Å². The summed E-state index contributed by atoms with van der Waals surface area (Å²) in [6, 6.07) is 2.94. The molecule has 1 aromatic rings. The quantitative estimate of drug-likeness (QED) is 0.833. The summed E-state index contributed by atoms with van der Waals surface area (Å²) in [6.07, 6.45) is -11.7. The number of anilines is 1. The molecule has 0 radical (unpaired) electrons. The highest BCUT2D eigenvalue weighted by Gasteiger charge is 2.60. The molecule has 130 valence electrons. The normalized spacial score (nSPS) is 27.6. The Balaban J connectivity index is 1.98. The van der Waals surface area contributed by atoms with Crippen LogP contribution in [0.2, 0.25) is 0 Å². The van der Waals surface area contributed by atoms with Gasteiger partial charge in [-0.25, -0.2) is 0 Å². The Hall–Kier alpha value is -1.95. The molecule has 0 aromatic heterocycles. The summed E-state index contributed by atoms with van der Waals surface area (Å²) in [5.41, 5.74) is -1.85. The monoisotopic (exact) mass is 350 g/mol. The van der Waals surface area contributed by atoms with Gasteiger partial charge in [0.15, 0.2) is 6.10 Å². The van der Waals surface area contributed by atoms with Gasteiger partial charge in [-0.3, -0.25) is 0 Å². The molecule has 4 atom stereocenters. The van der Waals surface area contributed by atoms with Crippen LogP contribution >= 0.6 is 0 Å². The highest BCUT2D eigenvalue weighted by atomic mass is 19.4. The molecule has 3 nitrogen and oxygen atoms in total. The van der Waals surface area contributed by atoms with Gasteiger partial charge in [0, 0.05) is 12.2 Å². The van der Waals surface area contributed by atoms with Crippen LogP contribution in [0.1, 0.15) is 17.5 Å². The van der Waals surface area contributed by atoms with Crippen molar-refractivity contribution >= 4 is 5.69 Å². The van der Waals surface area contributed by atoms with Crippen molar-refractivity contribution < 1.29 is 31.4 Å². The van der Waals surface area contributed by atoms with Crippen LogP contribution in [0.4, 0.5) is 32.0 Å². The predicted octanol–water partition coefficient (Wildman–Crippen LogP) is 3.32. The predicted molar refractivity (Wildman–Crippen MR) is 71.0 cm³/mol. The van der Waals surface area contributed by atoms with Crippen LogP contribution < -0.4 is 4.90 Å². The topological polar surface area (TPSA) is 47.3 Å². The molecule has 1 aromatic carbocycles. The number of nitrogens with zero attached hydrogens (tertiary/aromatic N) is 2. The van der Waals surface area contributed by atoms with Crippen molar-refractivity contribution in [3.05, 3.63) is 29.3 Å². The zero-order valence-electron chi connectivity index (χ0n) is 12.1. The van der Waals surface area contributed by atoms with E-state index in [2.05, 4.69) is 0 Å². The minimum absolute atomic E-state index is 0.0584. The van der Waals surface area contributed by atoms with Crippen molar-refractivity contribution in [2.45, 2.75) is 30.9 Å². The van der Waals surface area contributed by atoms with Gasteiger partial charge in [-0.2, -0.15) is 31.6 Å². The van der Waals surface area contributed by atoms with Gasteiger partial charge in [-0.1, -0.05) is 0 Å². The first-order valence-electron chi connectivity index (χ1n) is 7.17. The third-order valence-electron chi connectivity index (χ3n) is 4.63. The number of benzene rings is 1. The van der Waals surface area contributed by atoms with Gasteiger partial charge >= 0.3 is 12.4 Å². The van der Waals surface area contributed by atoms with E-state index >= 15 is 0 Å². The zero-order valence-corrected chi connectivity index (χ0v) is 12.1. The molecule has 24 heavy (non-hydrogen) atoms. The van der Waals surface area contributed by atoms with Crippen LogP contribution in [-0.2, 0) is 6.18 Å². The Morgan fingerprint density at radius 2 is 1.88 bits per heavy atom. The zero-order chi connectivity index (χ0) is 17.9. The Morgan fingerprint density at radius 3 is 2.42 bits per heavy atom. The SMILES string of the molecule is N#Cc1ccc(N2CC3CC3C2C(O)C(F)(F)F)cc1C(F)(F)F. The number of piperidine rings is 1. The van der Waals surface area contributed by atoms with Crippen LogP contribution in [-0.4, -0.2) is 30.0 Å². The lowest BCUT2D eigenvalue weighted by Crippen LogP contribution is -2.49. The maximum Gasteiger partial charge on any atom is 0.417 e. The van der Waals surface area contributed by atoms with Crippen LogP contribution in [0.25, 0.3) is 0 Å². The van der Waals surface area contributed by atoms with E-state index in [1.807, 2.05) is 0 Å². The van der Waals surface area contributed by atoms with E-state index in [4.69, 9.17) is 5.26 Å². The second kappa shape index (κ2) is 5.28. The fourth-order valence-electron chi connectivity index (χ4n) is 3.42. The molecule has 2 aliphatic rings. The first kappa shape index (κ1) is 16.9. The molecule has 1 heterocycles. The van der Waals surface area contributed by atoms with Crippen LogP contribution in [0.5, 0.6) is 0 Å². The molecular formula is C15H12F6N2O. The summed E-state index contributed by atoms with van der Waals surface area (Å²) >= 11 is 0. The third-order valence-corrected chi connectivity index (χ3v) is 4.63. The third kappa shape index (κ3) is 2.79. The van der Waals surface area contributed by atoms with E-state index in [0.29, 0.717) is 12.5 Å². The van der Waals surface area contributed by atoms with Crippen molar-refractivity contribution in [1.29, 1.82) is 5.26 Å². The molecule has 0 bridgehead atoms. The number of hydrogen-bond donors (Lipinski definition) is 1. The van der Waals surface area contributed by atoms with Crippen molar-refractivity contribution in [3.63, 3.8) is 0 Å². The highest BCUT2D eigenvalue weighted by Crippen LogP contribution is 2.53. The van der Waals surface area contributed by atoms with Crippen LogP contribution in [0, 0.1) is 23.2 Å². The minimum Gasteiger partial charge on any atom is -0.382 e. The number of halogens is 6. The lowest BCUT2D eigenvalue weighted by Gasteiger charge is -2.34. The van der Waals surface area contributed by atoms with E-state index in [1.165, 1.54) is 17.0 Å². The van der Waals surface area contributed by atoms with E-state index in [9.17, 15) is 31.4 Å². The molecule has 0 amide bonds. The maximum atomic E-state index is 13.0. The van der Waals surface area contributed by atoms with Gasteiger partial charge in [0.1, 0.15) is 0 Å². The fraction of sp³-hybridized carbons (Fsp3) is 0.533. The van der Waals surface area contributed by atoms with Gasteiger partial charge in [-0.15, -0.1) is 0 Å². The summed E-state index contributed by atoms with van der Waals surface area (Å²) in [5.74, 6) is -0.441. The highest BCUT2D eigenvalue weighted by molar-refractivity contribution is 5.57. The first-order chi connectivity index (χ1) is 11.0. The number of rotatable bonds is 2. The summed E-state index contributed by atoms with van der Waals surface area (Å²) in [6.45, 7) is 0.158. The Labute approximate surface area is 133 Å². The number of hydrogen-bond acceptors (Lipinski definition) is 3. The van der Waals surface area contributed by atoms with E-state index in [-0.39, 0.29) is 24.1 Å². The molecule has 2 fully saturated rings. The number of aliphatic hydroxyl groups excluding tert-OH is 1. The van der Waals surface area contributed by atoms with Gasteiger partial charge < -0.3 is 10.0 Å². The summed E-state index contributed by atoms with van der Waals surface area (Å²) in [5, 5.41) is 18.4. The molecule has 4 unspecified atom stereocenters. The summed E-state index contributed by atoms with van der Waals surface area (Å²) < 4.78 is 77.7. The number of fused-ring (bicyclic) bond motifs is 1. The lowest BCUT2D eigenvalue weighted by molar-refractivity contribution is -0.210. The standard InChI is InChI=1S/C15H12F6N2O/c16-14(17,18)11-4-9(2-1-7(11)5-22)23-6-8-3-10(8)12(23)13(24)15(19,20)21/h1-2,4,8,10,12-13,24H,3,6H2. The molecule has 1 aliphatic heterocycles. The van der Waals surface area contributed by atoms with Gasteiger partial charge in [0.25, 0.3) is 0 Å². The second-order valence-corrected chi connectivity index (χ2v) is 6.13. The summed E-state index contributed by atoms with van der Waals surface area (Å²) in [4.78, 5) is 1.17.